The number of hydrogen-bond acceptors (Lipinski definition) is 5. The lowest BCUT2D eigenvalue weighted by atomic mass is 9.79. The molecule has 0 aromatic heterocycles. The third-order valence-corrected chi connectivity index (χ3v) is 7.22. The number of phenolic OH excluding ortho intramolecular Hbond substituents is 1. The SMILES string of the molecule is CC(C)C1CCCCC1O.CC(C)c1ccccc1O.COC(=O)OC1CCCCC1C(C)C. The maximum Gasteiger partial charge on any atom is 0.508 e. The minimum atomic E-state index is -0.539. The maximum atomic E-state index is 11.0. The molecule has 2 saturated carbocycles. The molecule has 2 fully saturated rings. The molecule has 0 heterocycles. The number of aliphatic hydroxyl groups excluding tert-OH is 1. The van der Waals surface area contributed by atoms with Crippen LogP contribution in [0.4, 0.5) is 4.79 Å². The molecule has 2 aliphatic rings. The van der Waals surface area contributed by atoms with E-state index in [4.69, 9.17) is 4.74 Å². The van der Waals surface area contributed by atoms with Crippen molar-refractivity contribution >= 4 is 6.16 Å². The van der Waals surface area contributed by atoms with Crippen LogP contribution in [0.3, 0.4) is 0 Å². The summed E-state index contributed by atoms with van der Waals surface area (Å²) >= 11 is 0. The van der Waals surface area contributed by atoms with E-state index < -0.39 is 6.16 Å². The van der Waals surface area contributed by atoms with Crippen molar-refractivity contribution in [1.29, 1.82) is 0 Å². The highest BCUT2D eigenvalue weighted by molar-refractivity contribution is 5.59. The van der Waals surface area contributed by atoms with Gasteiger partial charge < -0.3 is 19.7 Å². The Balaban J connectivity index is 0.000000261. The van der Waals surface area contributed by atoms with Crippen molar-refractivity contribution in [2.75, 3.05) is 7.11 Å². The number of hydrogen-bond donors (Lipinski definition) is 2. The van der Waals surface area contributed by atoms with Gasteiger partial charge in [0.15, 0.2) is 0 Å². The number of aliphatic hydroxyl groups is 1. The maximum absolute atomic E-state index is 11.0. The Labute approximate surface area is 208 Å². The Morgan fingerprint density at radius 1 is 0.853 bits per heavy atom. The number of ether oxygens (including phenoxy) is 2. The third-order valence-electron chi connectivity index (χ3n) is 7.22. The Morgan fingerprint density at radius 3 is 1.82 bits per heavy atom. The second kappa shape index (κ2) is 16.0. The quantitative estimate of drug-likeness (QED) is 0.434. The summed E-state index contributed by atoms with van der Waals surface area (Å²) in [5.74, 6) is 3.12. The number of carbonyl (C=O) groups excluding carboxylic acids is 1. The first-order valence-electron chi connectivity index (χ1n) is 13.3. The molecule has 0 amide bonds. The van der Waals surface area contributed by atoms with E-state index in [1.165, 1.54) is 39.2 Å². The van der Waals surface area contributed by atoms with Gasteiger partial charge in [-0.2, -0.15) is 0 Å². The van der Waals surface area contributed by atoms with Gasteiger partial charge in [0, 0.05) is 0 Å². The van der Waals surface area contributed by atoms with Gasteiger partial charge in [0.1, 0.15) is 11.9 Å². The van der Waals surface area contributed by atoms with Gasteiger partial charge >= 0.3 is 6.16 Å². The van der Waals surface area contributed by atoms with Crippen molar-refractivity contribution in [3.63, 3.8) is 0 Å². The first kappa shape index (κ1) is 30.3. The first-order chi connectivity index (χ1) is 16.1. The van der Waals surface area contributed by atoms with Gasteiger partial charge in [-0.05, 0) is 73.3 Å². The Hall–Kier alpha value is -1.75. The van der Waals surface area contributed by atoms with E-state index in [9.17, 15) is 15.0 Å². The lowest BCUT2D eigenvalue weighted by molar-refractivity contribution is -0.0146. The molecular weight excluding hydrogens is 428 g/mol. The summed E-state index contributed by atoms with van der Waals surface area (Å²) in [6.07, 6.45) is 8.89. The fraction of sp³-hybridized carbons (Fsp3) is 0.759. The highest BCUT2D eigenvalue weighted by Gasteiger charge is 2.30. The van der Waals surface area contributed by atoms with Crippen LogP contribution in [0.25, 0.3) is 0 Å². The number of rotatable bonds is 4. The normalized spacial score (nSPS) is 24.6. The molecule has 4 atom stereocenters. The van der Waals surface area contributed by atoms with Gasteiger partial charge in [-0.25, -0.2) is 4.79 Å². The fourth-order valence-corrected chi connectivity index (χ4v) is 5.10. The van der Waals surface area contributed by atoms with Gasteiger partial charge in [0.25, 0.3) is 0 Å². The molecule has 5 heteroatoms. The number of para-hydroxylation sites is 1. The standard InChI is InChI=1S/C11H20O3.C9H18O.C9H12O/c1-8(2)9-6-4-5-7-10(9)14-11(12)13-3;2*1-7(2)8-5-3-4-6-9(8)10/h8-10H,4-7H2,1-3H3;7-10H,3-6H2,1-2H3;3-7,10H,1-2H3. The molecule has 34 heavy (non-hydrogen) atoms. The summed E-state index contributed by atoms with van der Waals surface area (Å²) in [6.45, 7) is 12.9. The van der Waals surface area contributed by atoms with Crippen LogP contribution in [0.2, 0.25) is 0 Å². The second-order valence-electron chi connectivity index (χ2n) is 10.8. The van der Waals surface area contributed by atoms with Crippen LogP contribution in [0, 0.1) is 23.7 Å². The minimum Gasteiger partial charge on any atom is -0.508 e. The molecule has 5 nitrogen and oxygen atoms in total. The van der Waals surface area contributed by atoms with Gasteiger partial charge in [0.2, 0.25) is 0 Å². The summed E-state index contributed by atoms with van der Waals surface area (Å²) in [6, 6.07) is 7.44. The number of phenols is 1. The van der Waals surface area contributed by atoms with Gasteiger partial charge in [-0.3, -0.25) is 0 Å². The summed E-state index contributed by atoms with van der Waals surface area (Å²) in [5, 5.41) is 18.8. The van der Waals surface area contributed by atoms with Crippen LogP contribution < -0.4 is 0 Å². The molecule has 0 aliphatic heterocycles. The zero-order chi connectivity index (χ0) is 25.7. The van der Waals surface area contributed by atoms with Crippen molar-refractivity contribution in [3.8, 4) is 5.75 Å². The predicted molar refractivity (Wildman–Crippen MR) is 139 cm³/mol. The van der Waals surface area contributed by atoms with Crippen LogP contribution in [0.1, 0.15) is 104 Å². The molecule has 0 spiro atoms. The summed E-state index contributed by atoms with van der Waals surface area (Å²) in [5.41, 5.74) is 1.02. The molecule has 3 rings (SSSR count). The Kier molecular flexibility index (Phi) is 14.3. The fourth-order valence-electron chi connectivity index (χ4n) is 5.10. The zero-order valence-electron chi connectivity index (χ0n) is 22.6. The van der Waals surface area contributed by atoms with E-state index in [0.717, 1.165) is 24.8 Å². The number of aromatic hydroxyl groups is 1. The zero-order valence-corrected chi connectivity index (χ0v) is 22.6. The first-order valence-corrected chi connectivity index (χ1v) is 13.3. The van der Waals surface area contributed by atoms with E-state index in [1.807, 2.05) is 18.2 Å². The van der Waals surface area contributed by atoms with Crippen LogP contribution in [-0.2, 0) is 9.47 Å². The van der Waals surface area contributed by atoms with E-state index in [-0.39, 0.29) is 12.2 Å². The van der Waals surface area contributed by atoms with E-state index in [1.54, 1.807) is 6.07 Å². The molecule has 1 aromatic rings. The van der Waals surface area contributed by atoms with Crippen molar-refractivity contribution in [1.82, 2.24) is 0 Å². The van der Waals surface area contributed by atoms with Crippen LogP contribution in [-0.4, -0.2) is 35.7 Å². The average molecular weight is 479 g/mol. The van der Waals surface area contributed by atoms with E-state index in [0.29, 0.717) is 35.3 Å². The predicted octanol–water partition coefficient (Wildman–Crippen LogP) is 7.69. The molecular formula is C29H50O5. The topological polar surface area (TPSA) is 76.0 Å². The van der Waals surface area contributed by atoms with E-state index >= 15 is 0 Å². The lowest BCUT2D eigenvalue weighted by Gasteiger charge is -2.33. The Morgan fingerprint density at radius 2 is 1.38 bits per heavy atom. The van der Waals surface area contributed by atoms with Gasteiger partial charge in [-0.1, -0.05) is 79.0 Å². The molecule has 2 N–H and O–H groups in total. The van der Waals surface area contributed by atoms with Crippen LogP contribution in [0.15, 0.2) is 24.3 Å². The molecule has 2 aliphatic carbocycles. The summed E-state index contributed by atoms with van der Waals surface area (Å²) in [4.78, 5) is 11.0. The van der Waals surface area contributed by atoms with Gasteiger partial charge in [-0.15, -0.1) is 0 Å². The Bertz CT molecular complexity index is 685. The number of carbonyl (C=O) groups is 1. The van der Waals surface area contributed by atoms with Crippen molar-refractivity contribution in [2.45, 2.75) is 111 Å². The number of benzene rings is 1. The van der Waals surface area contributed by atoms with Crippen LogP contribution in [0.5, 0.6) is 5.75 Å². The van der Waals surface area contributed by atoms with Crippen molar-refractivity contribution < 1.29 is 24.5 Å². The molecule has 0 saturated heterocycles. The van der Waals surface area contributed by atoms with Gasteiger partial charge in [0.05, 0.1) is 13.2 Å². The molecule has 1 aromatic carbocycles. The third kappa shape index (κ3) is 10.7. The molecule has 4 unspecified atom stereocenters. The summed E-state index contributed by atoms with van der Waals surface area (Å²) < 4.78 is 9.77. The lowest BCUT2D eigenvalue weighted by Crippen LogP contribution is -2.33. The van der Waals surface area contributed by atoms with Crippen LogP contribution >= 0.6 is 0 Å². The average Bonchev–Trinajstić information content (AvgIpc) is 2.80. The second-order valence-corrected chi connectivity index (χ2v) is 10.8. The highest BCUT2D eigenvalue weighted by Crippen LogP contribution is 2.32. The summed E-state index contributed by atoms with van der Waals surface area (Å²) in [7, 11) is 1.36. The molecule has 0 bridgehead atoms. The van der Waals surface area contributed by atoms with E-state index in [2.05, 4.69) is 46.3 Å². The van der Waals surface area contributed by atoms with Crippen molar-refractivity contribution in [2.24, 2.45) is 23.7 Å². The highest BCUT2D eigenvalue weighted by atomic mass is 16.7. The molecule has 196 valence electrons. The molecule has 0 radical (unpaired) electrons. The minimum absolute atomic E-state index is 0.00579. The van der Waals surface area contributed by atoms with Crippen molar-refractivity contribution in [3.05, 3.63) is 29.8 Å². The largest absolute Gasteiger partial charge is 0.508 e. The number of methoxy groups -OCH3 is 1. The monoisotopic (exact) mass is 478 g/mol. The smallest absolute Gasteiger partial charge is 0.508 e.